The van der Waals surface area contributed by atoms with Crippen LogP contribution in [0.4, 0.5) is 0 Å². The van der Waals surface area contributed by atoms with E-state index in [2.05, 4.69) is 55.6 Å². The Morgan fingerprint density at radius 1 is 1.11 bits per heavy atom. The van der Waals surface area contributed by atoms with Gasteiger partial charge < -0.3 is 9.47 Å². The quantitative estimate of drug-likeness (QED) is 0.602. The molecule has 5 heteroatoms. The highest BCUT2D eigenvalue weighted by molar-refractivity contribution is 5.87. The summed E-state index contributed by atoms with van der Waals surface area (Å²) >= 11 is 0. The van der Waals surface area contributed by atoms with Crippen LogP contribution in [0.2, 0.25) is 0 Å². The van der Waals surface area contributed by atoms with Gasteiger partial charge in [-0.25, -0.2) is 5.43 Å². The first kappa shape index (κ1) is 19.9. The van der Waals surface area contributed by atoms with Gasteiger partial charge >= 0.3 is 0 Å². The van der Waals surface area contributed by atoms with Crippen LogP contribution in [-0.4, -0.2) is 26.3 Å². The molecular formula is C23H28N2O3. The summed E-state index contributed by atoms with van der Waals surface area (Å²) in [6, 6.07) is 14.0. The normalized spacial score (nSPS) is 18.8. The van der Waals surface area contributed by atoms with Crippen molar-refractivity contribution in [2.45, 2.75) is 38.5 Å². The smallest absolute Gasteiger partial charge is 0.243 e. The molecular weight excluding hydrogens is 352 g/mol. The van der Waals surface area contributed by atoms with Gasteiger partial charge in [-0.2, -0.15) is 5.10 Å². The molecule has 2 unspecified atom stereocenters. The number of ether oxygens (including phenoxy) is 2. The van der Waals surface area contributed by atoms with Gasteiger partial charge in [0.15, 0.2) is 0 Å². The number of amides is 1. The van der Waals surface area contributed by atoms with Gasteiger partial charge in [0.05, 0.1) is 20.4 Å². The maximum Gasteiger partial charge on any atom is 0.243 e. The molecule has 2 atom stereocenters. The zero-order valence-corrected chi connectivity index (χ0v) is 17.2. The van der Waals surface area contributed by atoms with Crippen LogP contribution in [0.5, 0.6) is 11.5 Å². The molecule has 1 aliphatic rings. The molecule has 0 bridgehead atoms. The summed E-state index contributed by atoms with van der Waals surface area (Å²) in [4.78, 5) is 12.4. The van der Waals surface area contributed by atoms with Gasteiger partial charge in [-0.15, -0.1) is 0 Å². The van der Waals surface area contributed by atoms with Gasteiger partial charge in [0.1, 0.15) is 11.5 Å². The molecule has 0 aromatic heterocycles. The minimum atomic E-state index is -0.0528. The second-order valence-corrected chi connectivity index (χ2v) is 8.16. The second kappa shape index (κ2) is 8.05. The second-order valence-electron chi connectivity index (χ2n) is 8.16. The fourth-order valence-corrected chi connectivity index (χ4v) is 3.27. The average Bonchev–Trinajstić information content (AvgIpc) is 3.48. The van der Waals surface area contributed by atoms with Crippen molar-refractivity contribution in [2.24, 2.45) is 11.0 Å². The number of hydrogen-bond donors (Lipinski definition) is 1. The van der Waals surface area contributed by atoms with Gasteiger partial charge in [0.25, 0.3) is 0 Å². The Kier molecular flexibility index (Phi) is 5.73. The van der Waals surface area contributed by atoms with Gasteiger partial charge in [-0.05, 0) is 47.1 Å². The summed E-state index contributed by atoms with van der Waals surface area (Å²) in [5.74, 6) is 1.57. The molecule has 1 fully saturated rings. The zero-order chi connectivity index (χ0) is 20.3. The molecule has 2 aromatic carbocycles. The number of rotatable bonds is 6. The van der Waals surface area contributed by atoms with Crippen molar-refractivity contribution in [1.82, 2.24) is 5.43 Å². The van der Waals surface area contributed by atoms with E-state index in [1.165, 1.54) is 11.1 Å². The third-order valence-electron chi connectivity index (χ3n) is 5.15. The predicted molar refractivity (Wildman–Crippen MR) is 111 cm³/mol. The lowest BCUT2D eigenvalue weighted by Crippen LogP contribution is -2.20. The van der Waals surface area contributed by atoms with E-state index in [1.54, 1.807) is 26.5 Å². The Bertz CT molecular complexity index is 866. The largest absolute Gasteiger partial charge is 0.497 e. The highest BCUT2D eigenvalue weighted by atomic mass is 16.5. The number of carbonyl (C=O) groups is 1. The summed E-state index contributed by atoms with van der Waals surface area (Å²) in [5.41, 5.74) is 6.04. The van der Waals surface area contributed by atoms with Crippen LogP contribution >= 0.6 is 0 Å². The van der Waals surface area contributed by atoms with E-state index >= 15 is 0 Å². The molecule has 5 nitrogen and oxygen atoms in total. The summed E-state index contributed by atoms with van der Waals surface area (Å²) in [7, 11) is 3.20. The van der Waals surface area contributed by atoms with E-state index < -0.39 is 0 Å². The summed E-state index contributed by atoms with van der Waals surface area (Å²) < 4.78 is 10.5. The fraction of sp³-hybridized carbons (Fsp3) is 0.391. The number of benzene rings is 2. The molecule has 1 saturated carbocycles. The van der Waals surface area contributed by atoms with E-state index in [0.29, 0.717) is 11.5 Å². The van der Waals surface area contributed by atoms with Gasteiger partial charge in [-0.1, -0.05) is 45.0 Å². The standard InChI is InChI=1S/C23H28N2O3/c1-23(2,3)17-8-6-15(7-9-17)19-13-20(19)22(26)25-24-14-16-12-18(27-4)10-11-21(16)28-5/h6-12,14,19-20H,13H2,1-5H3,(H,25,26)/b24-14+. The van der Waals surface area contributed by atoms with Crippen LogP contribution < -0.4 is 14.9 Å². The molecule has 3 rings (SSSR count). The van der Waals surface area contributed by atoms with Crippen molar-refractivity contribution in [2.75, 3.05) is 14.2 Å². The lowest BCUT2D eigenvalue weighted by molar-refractivity contribution is -0.122. The topological polar surface area (TPSA) is 59.9 Å². The van der Waals surface area contributed by atoms with Crippen molar-refractivity contribution in [1.29, 1.82) is 0 Å². The number of hydrogen-bond acceptors (Lipinski definition) is 4. The van der Waals surface area contributed by atoms with Gasteiger partial charge in [0, 0.05) is 11.5 Å². The summed E-state index contributed by atoms with van der Waals surface area (Å²) in [5, 5.41) is 4.10. The number of nitrogens with one attached hydrogen (secondary N) is 1. The van der Waals surface area contributed by atoms with Gasteiger partial charge in [-0.3, -0.25) is 4.79 Å². The van der Waals surface area contributed by atoms with Gasteiger partial charge in [0.2, 0.25) is 5.91 Å². The van der Waals surface area contributed by atoms with E-state index in [0.717, 1.165) is 12.0 Å². The Labute approximate surface area is 166 Å². The minimum absolute atomic E-state index is 0.0233. The first-order valence-corrected chi connectivity index (χ1v) is 9.49. The monoisotopic (exact) mass is 380 g/mol. The molecule has 0 saturated heterocycles. The van der Waals surface area contributed by atoms with Crippen LogP contribution in [-0.2, 0) is 10.2 Å². The maximum absolute atomic E-state index is 12.4. The molecule has 148 valence electrons. The maximum atomic E-state index is 12.4. The number of carbonyl (C=O) groups excluding carboxylic acids is 1. The minimum Gasteiger partial charge on any atom is -0.497 e. The van der Waals surface area contributed by atoms with Crippen LogP contribution in [0.3, 0.4) is 0 Å². The Morgan fingerprint density at radius 2 is 1.82 bits per heavy atom. The molecule has 0 aliphatic heterocycles. The average molecular weight is 380 g/mol. The van der Waals surface area contributed by atoms with Crippen LogP contribution in [0.25, 0.3) is 0 Å². The van der Waals surface area contributed by atoms with Crippen LogP contribution in [0.15, 0.2) is 47.6 Å². The molecule has 1 amide bonds. The molecule has 28 heavy (non-hydrogen) atoms. The summed E-state index contributed by atoms with van der Waals surface area (Å²) in [6.45, 7) is 6.60. The molecule has 0 spiro atoms. The third-order valence-corrected chi connectivity index (χ3v) is 5.15. The number of methoxy groups -OCH3 is 2. The van der Waals surface area contributed by atoms with Crippen molar-refractivity contribution in [3.63, 3.8) is 0 Å². The van der Waals surface area contributed by atoms with E-state index in [1.807, 2.05) is 12.1 Å². The Morgan fingerprint density at radius 3 is 2.43 bits per heavy atom. The highest BCUT2D eigenvalue weighted by Crippen LogP contribution is 2.47. The lowest BCUT2D eigenvalue weighted by atomic mass is 9.86. The first-order chi connectivity index (χ1) is 13.3. The highest BCUT2D eigenvalue weighted by Gasteiger charge is 2.44. The summed E-state index contributed by atoms with van der Waals surface area (Å²) in [6.07, 6.45) is 2.44. The predicted octanol–water partition coefficient (Wildman–Crippen LogP) is 4.26. The van der Waals surface area contributed by atoms with Crippen molar-refractivity contribution >= 4 is 12.1 Å². The van der Waals surface area contributed by atoms with E-state index in [9.17, 15) is 4.79 Å². The van der Waals surface area contributed by atoms with Crippen molar-refractivity contribution in [3.8, 4) is 11.5 Å². The lowest BCUT2D eigenvalue weighted by Gasteiger charge is -2.19. The van der Waals surface area contributed by atoms with Crippen LogP contribution in [0.1, 0.15) is 49.8 Å². The molecule has 1 aliphatic carbocycles. The Hall–Kier alpha value is -2.82. The SMILES string of the molecule is COc1ccc(OC)c(/C=N/NC(=O)C2CC2c2ccc(C(C)(C)C)cc2)c1. The molecule has 0 radical (unpaired) electrons. The van der Waals surface area contributed by atoms with Crippen molar-refractivity contribution < 1.29 is 14.3 Å². The number of hydrazone groups is 1. The Balaban J connectivity index is 1.59. The number of nitrogens with zero attached hydrogens (tertiary/aromatic N) is 1. The first-order valence-electron chi connectivity index (χ1n) is 9.49. The fourth-order valence-electron chi connectivity index (χ4n) is 3.27. The van der Waals surface area contributed by atoms with Crippen LogP contribution in [0, 0.1) is 5.92 Å². The molecule has 0 heterocycles. The van der Waals surface area contributed by atoms with Crippen molar-refractivity contribution in [3.05, 3.63) is 59.2 Å². The molecule has 1 N–H and O–H groups in total. The zero-order valence-electron chi connectivity index (χ0n) is 17.2. The molecule has 2 aromatic rings. The third kappa shape index (κ3) is 4.53. The van der Waals surface area contributed by atoms with E-state index in [4.69, 9.17) is 9.47 Å². The van der Waals surface area contributed by atoms with E-state index in [-0.39, 0.29) is 23.2 Å².